The van der Waals surface area contributed by atoms with Gasteiger partial charge in [-0.05, 0) is 49.3 Å². The van der Waals surface area contributed by atoms with E-state index < -0.39 is 10.0 Å². The normalized spacial score (nSPS) is 24.0. The molecule has 2 aliphatic carbocycles. The van der Waals surface area contributed by atoms with E-state index in [1.54, 1.807) is 18.5 Å². The number of H-pyrrole nitrogens is 2. The standard InChI is InChI=1S/C18H21N7O2S/c19-28(26,27)13-3-1-2-12(8-13)22-18-24-16-15(20-9-21-16)17(25-18)23-14-7-10-4-5-11(14)6-10/h1-3,8-11,14H,4-7H2,(H2,19,26,27)(H3,20,21,22,23,24,25)/p+1. The number of rotatable bonds is 5. The number of nitrogens with one attached hydrogen (secondary N) is 4. The molecule has 0 spiro atoms. The summed E-state index contributed by atoms with van der Waals surface area (Å²) in [6, 6.07) is 6.71. The Morgan fingerprint density at radius 1 is 1.21 bits per heavy atom. The molecule has 3 unspecified atom stereocenters. The number of aromatic nitrogens is 4. The maximum Gasteiger partial charge on any atom is 0.307 e. The third-order valence-corrected chi connectivity index (χ3v) is 6.72. The van der Waals surface area contributed by atoms with E-state index in [4.69, 9.17) is 5.14 Å². The first kappa shape index (κ1) is 17.4. The van der Waals surface area contributed by atoms with E-state index in [1.807, 2.05) is 0 Å². The van der Waals surface area contributed by atoms with Crippen LogP contribution in [0.4, 0.5) is 17.5 Å². The van der Waals surface area contributed by atoms with Crippen LogP contribution in [0.1, 0.15) is 25.7 Å². The number of nitrogens with two attached hydrogens (primary N) is 1. The predicted octanol–water partition coefficient (Wildman–Crippen LogP) is 1.76. The summed E-state index contributed by atoms with van der Waals surface area (Å²) < 4.78 is 23.2. The largest absolute Gasteiger partial charge is 0.364 e. The lowest BCUT2D eigenvalue weighted by atomic mass is 9.95. The molecule has 1 aromatic carbocycles. The molecule has 2 fully saturated rings. The third-order valence-electron chi connectivity index (χ3n) is 5.81. The van der Waals surface area contributed by atoms with E-state index in [0.29, 0.717) is 29.2 Å². The van der Waals surface area contributed by atoms with Crippen molar-refractivity contribution in [3.05, 3.63) is 30.6 Å². The van der Waals surface area contributed by atoms with Gasteiger partial charge in [-0.3, -0.25) is 4.98 Å². The Kier molecular flexibility index (Phi) is 3.98. The number of aromatic amines is 2. The summed E-state index contributed by atoms with van der Waals surface area (Å²) in [5.41, 5.74) is 2.05. The molecular weight excluding hydrogens is 378 g/mol. The summed E-state index contributed by atoms with van der Waals surface area (Å²) in [4.78, 5) is 15.4. The maximum absolute atomic E-state index is 11.6. The van der Waals surface area contributed by atoms with Crippen LogP contribution in [0, 0.1) is 11.8 Å². The molecule has 3 atom stereocenters. The number of nitrogens with zero attached hydrogens (tertiary/aromatic N) is 2. The van der Waals surface area contributed by atoms with Crippen LogP contribution in [0.15, 0.2) is 35.5 Å². The van der Waals surface area contributed by atoms with E-state index in [9.17, 15) is 8.42 Å². The van der Waals surface area contributed by atoms with Gasteiger partial charge in [-0.2, -0.15) is 4.98 Å². The van der Waals surface area contributed by atoms with Crippen molar-refractivity contribution in [1.29, 1.82) is 0 Å². The van der Waals surface area contributed by atoms with E-state index in [-0.39, 0.29) is 4.90 Å². The number of benzene rings is 1. The van der Waals surface area contributed by atoms with Crippen LogP contribution in [-0.4, -0.2) is 29.4 Å². The van der Waals surface area contributed by atoms with Crippen molar-refractivity contribution in [3.63, 3.8) is 0 Å². The minimum Gasteiger partial charge on any atom is -0.364 e. The quantitative estimate of drug-likeness (QED) is 0.514. The SMILES string of the molecule is NS(=O)(=O)c1cccc(Nc2nc(NC3CC4CCC3C4)c3[nH]c[nH+]c3n2)c1. The van der Waals surface area contributed by atoms with Gasteiger partial charge in [0.05, 0.1) is 4.90 Å². The number of hydrogen-bond donors (Lipinski definition) is 4. The van der Waals surface area contributed by atoms with Crippen molar-refractivity contribution in [3.8, 4) is 0 Å². The highest BCUT2D eigenvalue weighted by molar-refractivity contribution is 7.89. The third kappa shape index (κ3) is 3.18. The van der Waals surface area contributed by atoms with Crippen LogP contribution in [0.5, 0.6) is 0 Å². The minimum atomic E-state index is -3.78. The summed E-state index contributed by atoms with van der Waals surface area (Å²) in [5, 5.41) is 11.9. The number of hydrogen-bond acceptors (Lipinski definition) is 6. The zero-order chi connectivity index (χ0) is 19.3. The fourth-order valence-corrected chi connectivity index (χ4v) is 5.08. The lowest BCUT2D eigenvalue weighted by molar-refractivity contribution is -0.347. The summed E-state index contributed by atoms with van der Waals surface area (Å²) in [6.07, 6.45) is 6.81. The van der Waals surface area contributed by atoms with Crippen molar-refractivity contribution in [2.75, 3.05) is 10.6 Å². The zero-order valence-electron chi connectivity index (χ0n) is 15.1. The van der Waals surface area contributed by atoms with Gasteiger partial charge >= 0.3 is 11.6 Å². The first-order valence-electron chi connectivity index (χ1n) is 9.39. The molecule has 9 nitrogen and oxygen atoms in total. The van der Waals surface area contributed by atoms with Crippen LogP contribution in [0.25, 0.3) is 11.2 Å². The first-order chi connectivity index (χ1) is 13.5. The summed E-state index contributed by atoms with van der Waals surface area (Å²) in [7, 11) is -3.78. The average Bonchev–Trinajstić information content (AvgIpc) is 3.37. The van der Waals surface area contributed by atoms with Crippen LogP contribution in [0.2, 0.25) is 0 Å². The van der Waals surface area contributed by atoms with Crippen molar-refractivity contribution < 1.29 is 13.4 Å². The molecule has 5 rings (SSSR count). The maximum atomic E-state index is 11.6. The predicted molar refractivity (Wildman–Crippen MR) is 104 cm³/mol. The molecule has 6 N–H and O–H groups in total. The van der Waals surface area contributed by atoms with E-state index in [0.717, 1.165) is 17.3 Å². The van der Waals surface area contributed by atoms with Crippen molar-refractivity contribution >= 4 is 38.6 Å². The second kappa shape index (κ2) is 6.42. The molecule has 10 heteroatoms. The molecule has 2 saturated carbocycles. The molecule has 0 saturated heterocycles. The van der Waals surface area contributed by atoms with Gasteiger partial charge in [0.2, 0.25) is 15.5 Å². The van der Waals surface area contributed by atoms with E-state index in [1.165, 1.54) is 37.8 Å². The molecule has 3 aromatic rings. The monoisotopic (exact) mass is 400 g/mol. The molecule has 2 heterocycles. The second-order valence-electron chi connectivity index (χ2n) is 7.68. The number of primary sulfonamides is 1. The Bertz CT molecular complexity index is 1140. The van der Waals surface area contributed by atoms with E-state index >= 15 is 0 Å². The number of imidazole rings is 1. The van der Waals surface area contributed by atoms with E-state index in [2.05, 4.69) is 30.6 Å². The molecule has 0 radical (unpaired) electrons. The van der Waals surface area contributed by atoms with Gasteiger partial charge in [0, 0.05) is 11.7 Å². The molecule has 2 aromatic heterocycles. The average molecular weight is 400 g/mol. The van der Waals surface area contributed by atoms with Crippen LogP contribution < -0.4 is 20.8 Å². The van der Waals surface area contributed by atoms with Gasteiger partial charge < -0.3 is 10.6 Å². The molecule has 146 valence electrons. The molecule has 2 bridgehead atoms. The number of sulfonamides is 1. The molecule has 2 aliphatic rings. The minimum absolute atomic E-state index is 0.0344. The van der Waals surface area contributed by atoms with Gasteiger partial charge in [-0.25, -0.2) is 18.5 Å². The van der Waals surface area contributed by atoms with Crippen molar-refractivity contribution in [2.24, 2.45) is 17.0 Å². The second-order valence-corrected chi connectivity index (χ2v) is 9.24. The number of fused-ring (bicyclic) bond motifs is 3. The van der Waals surface area contributed by atoms with Gasteiger partial charge in [-0.15, -0.1) is 0 Å². The highest BCUT2D eigenvalue weighted by Crippen LogP contribution is 2.45. The van der Waals surface area contributed by atoms with Gasteiger partial charge in [0.1, 0.15) is 0 Å². The van der Waals surface area contributed by atoms with Gasteiger partial charge in [0.25, 0.3) is 0 Å². The molecular formula is C18H22N7O2S+. The zero-order valence-corrected chi connectivity index (χ0v) is 16.0. The molecule has 28 heavy (non-hydrogen) atoms. The van der Waals surface area contributed by atoms with Crippen LogP contribution >= 0.6 is 0 Å². The highest BCUT2D eigenvalue weighted by atomic mass is 32.2. The topological polar surface area (TPSA) is 140 Å². The Morgan fingerprint density at radius 3 is 2.86 bits per heavy atom. The first-order valence-corrected chi connectivity index (χ1v) is 10.9. The van der Waals surface area contributed by atoms with Crippen LogP contribution in [0.3, 0.4) is 0 Å². The van der Waals surface area contributed by atoms with Crippen LogP contribution in [-0.2, 0) is 10.0 Å². The highest BCUT2D eigenvalue weighted by Gasteiger charge is 2.40. The smallest absolute Gasteiger partial charge is 0.307 e. The molecule has 0 amide bonds. The van der Waals surface area contributed by atoms with Crippen molar-refractivity contribution in [1.82, 2.24) is 15.0 Å². The fraction of sp³-hybridized carbons (Fsp3) is 0.389. The number of anilines is 3. The molecule has 0 aliphatic heterocycles. The lowest BCUT2D eigenvalue weighted by Gasteiger charge is -2.23. The Hall–Kier alpha value is -2.72. The van der Waals surface area contributed by atoms with Gasteiger partial charge in [-0.1, -0.05) is 17.5 Å². The lowest BCUT2D eigenvalue weighted by Crippen LogP contribution is -2.26. The Labute approximate surface area is 162 Å². The summed E-state index contributed by atoms with van der Waals surface area (Å²) in [5.74, 6) is 2.65. The summed E-state index contributed by atoms with van der Waals surface area (Å²) >= 11 is 0. The fourth-order valence-electron chi connectivity index (χ4n) is 4.52. The van der Waals surface area contributed by atoms with Crippen molar-refractivity contribution in [2.45, 2.75) is 36.6 Å². The summed E-state index contributed by atoms with van der Waals surface area (Å²) in [6.45, 7) is 0. The Morgan fingerprint density at radius 2 is 2.11 bits per heavy atom. The Balaban J connectivity index is 1.46. The van der Waals surface area contributed by atoms with Gasteiger partial charge in [0.15, 0.2) is 12.1 Å².